The van der Waals surface area contributed by atoms with Crippen molar-refractivity contribution < 1.29 is 5.11 Å². The van der Waals surface area contributed by atoms with E-state index in [2.05, 4.69) is 34.3 Å². The number of aliphatic hydroxyl groups is 1. The summed E-state index contributed by atoms with van der Waals surface area (Å²) in [6.45, 7) is 6.63. The van der Waals surface area contributed by atoms with E-state index in [1.165, 1.54) is 5.56 Å². The lowest BCUT2D eigenvalue weighted by atomic mass is 9.97. The SMILES string of the molecule is CCCNc1cc(CN2CCC(CO)CC2)ccn1. The van der Waals surface area contributed by atoms with E-state index in [-0.39, 0.29) is 0 Å². The van der Waals surface area contributed by atoms with Crippen LogP contribution in [0.2, 0.25) is 0 Å². The van der Waals surface area contributed by atoms with Crippen molar-refractivity contribution in [2.45, 2.75) is 32.7 Å². The van der Waals surface area contributed by atoms with Crippen molar-refractivity contribution in [1.29, 1.82) is 0 Å². The third kappa shape index (κ3) is 4.48. The van der Waals surface area contributed by atoms with E-state index in [0.29, 0.717) is 12.5 Å². The van der Waals surface area contributed by atoms with Crippen molar-refractivity contribution in [3.63, 3.8) is 0 Å². The molecule has 1 aromatic heterocycles. The molecule has 1 aromatic rings. The first-order valence-electron chi connectivity index (χ1n) is 7.34. The maximum atomic E-state index is 9.15. The molecule has 1 aliphatic rings. The van der Waals surface area contributed by atoms with Gasteiger partial charge in [-0.05, 0) is 56.0 Å². The van der Waals surface area contributed by atoms with E-state index in [1.54, 1.807) is 0 Å². The van der Waals surface area contributed by atoms with Gasteiger partial charge in [-0.3, -0.25) is 4.90 Å². The molecule has 2 N–H and O–H groups in total. The molecule has 0 spiro atoms. The van der Waals surface area contributed by atoms with E-state index in [0.717, 1.165) is 51.3 Å². The fraction of sp³-hybridized carbons (Fsp3) is 0.667. The Bertz CT molecular complexity index is 375. The summed E-state index contributed by atoms with van der Waals surface area (Å²) in [7, 11) is 0. The summed E-state index contributed by atoms with van der Waals surface area (Å²) in [6, 6.07) is 4.24. The third-order valence-electron chi connectivity index (χ3n) is 3.75. The maximum Gasteiger partial charge on any atom is 0.126 e. The lowest BCUT2D eigenvalue weighted by Gasteiger charge is -2.31. The average Bonchev–Trinajstić information content (AvgIpc) is 2.46. The minimum Gasteiger partial charge on any atom is -0.396 e. The van der Waals surface area contributed by atoms with E-state index in [4.69, 9.17) is 5.11 Å². The Morgan fingerprint density at radius 3 is 2.89 bits per heavy atom. The molecule has 0 aliphatic carbocycles. The highest BCUT2D eigenvalue weighted by atomic mass is 16.3. The van der Waals surface area contributed by atoms with Crippen LogP contribution < -0.4 is 5.32 Å². The van der Waals surface area contributed by atoms with Gasteiger partial charge < -0.3 is 10.4 Å². The number of likely N-dealkylation sites (tertiary alicyclic amines) is 1. The minimum atomic E-state index is 0.341. The van der Waals surface area contributed by atoms with E-state index in [9.17, 15) is 0 Å². The Hall–Kier alpha value is -1.13. The molecule has 19 heavy (non-hydrogen) atoms. The molecule has 0 bridgehead atoms. The van der Waals surface area contributed by atoms with E-state index >= 15 is 0 Å². The molecule has 2 rings (SSSR count). The first kappa shape index (κ1) is 14.3. The molecule has 4 nitrogen and oxygen atoms in total. The van der Waals surface area contributed by atoms with E-state index < -0.39 is 0 Å². The van der Waals surface area contributed by atoms with Crippen molar-refractivity contribution in [1.82, 2.24) is 9.88 Å². The van der Waals surface area contributed by atoms with Gasteiger partial charge in [0.05, 0.1) is 0 Å². The van der Waals surface area contributed by atoms with Gasteiger partial charge in [-0.15, -0.1) is 0 Å². The number of anilines is 1. The van der Waals surface area contributed by atoms with Crippen LogP contribution in [0.3, 0.4) is 0 Å². The number of rotatable bonds is 6. The zero-order chi connectivity index (χ0) is 13.5. The molecule has 106 valence electrons. The Morgan fingerprint density at radius 2 is 2.21 bits per heavy atom. The number of aromatic nitrogens is 1. The first-order valence-corrected chi connectivity index (χ1v) is 7.34. The molecular weight excluding hydrogens is 238 g/mol. The smallest absolute Gasteiger partial charge is 0.126 e. The number of pyridine rings is 1. The molecule has 0 radical (unpaired) electrons. The average molecular weight is 263 g/mol. The van der Waals surface area contributed by atoms with Gasteiger partial charge in [0.15, 0.2) is 0 Å². The molecule has 2 heterocycles. The van der Waals surface area contributed by atoms with Crippen LogP contribution in [0.1, 0.15) is 31.7 Å². The predicted molar refractivity (Wildman–Crippen MR) is 78.1 cm³/mol. The molecule has 0 saturated carbocycles. The summed E-state index contributed by atoms with van der Waals surface area (Å²) in [5.74, 6) is 1.49. The van der Waals surface area contributed by atoms with Crippen LogP contribution in [0.25, 0.3) is 0 Å². The topological polar surface area (TPSA) is 48.4 Å². The van der Waals surface area contributed by atoms with Crippen LogP contribution in [-0.2, 0) is 6.54 Å². The molecule has 1 fully saturated rings. The second-order valence-electron chi connectivity index (χ2n) is 5.38. The molecule has 4 heteroatoms. The fourth-order valence-electron chi connectivity index (χ4n) is 2.51. The molecule has 1 aliphatic heterocycles. The van der Waals surface area contributed by atoms with Crippen LogP contribution in [-0.4, -0.2) is 41.2 Å². The normalized spacial score (nSPS) is 17.6. The second kappa shape index (κ2) is 7.46. The molecule has 0 atom stereocenters. The van der Waals surface area contributed by atoms with Crippen molar-refractivity contribution in [2.24, 2.45) is 5.92 Å². The van der Waals surface area contributed by atoms with Gasteiger partial charge in [-0.25, -0.2) is 4.98 Å². The maximum absolute atomic E-state index is 9.15. The highest BCUT2D eigenvalue weighted by molar-refractivity contribution is 5.37. The van der Waals surface area contributed by atoms with E-state index in [1.807, 2.05) is 6.20 Å². The number of hydrogen-bond donors (Lipinski definition) is 2. The van der Waals surface area contributed by atoms with Crippen LogP contribution >= 0.6 is 0 Å². The van der Waals surface area contributed by atoms with Gasteiger partial charge in [-0.2, -0.15) is 0 Å². The van der Waals surface area contributed by atoms with Crippen LogP contribution in [0.15, 0.2) is 18.3 Å². The van der Waals surface area contributed by atoms with Gasteiger partial charge in [0.2, 0.25) is 0 Å². The number of piperidine rings is 1. The Morgan fingerprint density at radius 1 is 1.42 bits per heavy atom. The summed E-state index contributed by atoms with van der Waals surface area (Å²) in [4.78, 5) is 6.80. The highest BCUT2D eigenvalue weighted by Gasteiger charge is 2.18. The van der Waals surface area contributed by atoms with Gasteiger partial charge in [-0.1, -0.05) is 6.92 Å². The Kier molecular flexibility index (Phi) is 5.61. The molecule has 0 unspecified atom stereocenters. The van der Waals surface area contributed by atoms with Crippen molar-refractivity contribution in [3.05, 3.63) is 23.9 Å². The largest absolute Gasteiger partial charge is 0.396 e. The fourth-order valence-corrected chi connectivity index (χ4v) is 2.51. The Balaban J connectivity index is 1.85. The highest BCUT2D eigenvalue weighted by Crippen LogP contribution is 2.19. The van der Waals surface area contributed by atoms with Crippen molar-refractivity contribution in [2.75, 3.05) is 31.6 Å². The number of nitrogens with zero attached hydrogens (tertiary/aromatic N) is 2. The van der Waals surface area contributed by atoms with Gasteiger partial charge >= 0.3 is 0 Å². The van der Waals surface area contributed by atoms with Gasteiger partial charge in [0.25, 0.3) is 0 Å². The summed E-state index contributed by atoms with van der Waals surface area (Å²) >= 11 is 0. The summed E-state index contributed by atoms with van der Waals surface area (Å²) in [5, 5.41) is 12.5. The van der Waals surface area contributed by atoms with Crippen molar-refractivity contribution in [3.8, 4) is 0 Å². The van der Waals surface area contributed by atoms with Crippen molar-refractivity contribution >= 4 is 5.82 Å². The quantitative estimate of drug-likeness (QED) is 0.825. The van der Waals surface area contributed by atoms with Crippen LogP contribution in [0.4, 0.5) is 5.82 Å². The molecule has 0 aromatic carbocycles. The summed E-state index contributed by atoms with van der Waals surface area (Å²) in [6.07, 6.45) is 5.22. The van der Waals surface area contributed by atoms with Crippen LogP contribution in [0, 0.1) is 5.92 Å². The molecule has 1 saturated heterocycles. The lowest BCUT2D eigenvalue weighted by molar-refractivity contribution is 0.127. The predicted octanol–water partition coefficient (Wildman–Crippen LogP) is 2.11. The zero-order valence-corrected chi connectivity index (χ0v) is 11.8. The third-order valence-corrected chi connectivity index (χ3v) is 3.75. The number of hydrogen-bond acceptors (Lipinski definition) is 4. The number of nitrogens with one attached hydrogen (secondary N) is 1. The Labute approximate surface area is 115 Å². The van der Waals surface area contributed by atoms with Gasteiger partial charge in [0, 0.05) is 25.9 Å². The minimum absolute atomic E-state index is 0.341. The monoisotopic (exact) mass is 263 g/mol. The lowest BCUT2D eigenvalue weighted by Crippen LogP contribution is -2.34. The molecular formula is C15H25N3O. The molecule has 0 amide bonds. The van der Waals surface area contributed by atoms with Crippen LogP contribution in [0.5, 0.6) is 0 Å². The van der Waals surface area contributed by atoms with Gasteiger partial charge in [0.1, 0.15) is 5.82 Å². The number of aliphatic hydroxyl groups excluding tert-OH is 1. The first-order chi connectivity index (χ1) is 9.31. The summed E-state index contributed by atoms with van der Waals surface area (Å²) < 4.78 is 0. The summed E-state index contributed by atoms with van der Waals surface area (Å²) in [5.41, 5.74) is 1.32. The zero-order valence-electron chi connectivity index (χ0n) is 11.8. The second-order valence-corrected chi connectivity index (χ2v) is 5.38. The standard InChI is InChI=1S/C15H25N3O/c1-2-6-16-15-10-14(3-7-17-15)11-18-8-4-13(12-19)5-9-18/h3,7,10,13,19H,2,4-6,8-9,11-12H2,1H3,(H,16,17).